The SMILES string of the molecule is O=P(c1ccccc1)(c1ccccc1)c1ccc2c(c1)c1ccccc1n2-c1ccncc1. The smallest absolute Gasteiger partial charge is 0.171 e. The summed E-state index contributed by atoms with van der Waals surface area (Å²) in [6.07, 6.45) is 3.62. The van der Waals surface area contributed by atoms with Crippen LogP contribution in [0.25, 0.3) is 27.5 Å². The molecule has 4 heteroatoms. The van der Waals surface area contributed by atoms with Gasteiger partial charge in [-0.05, 0) is 36.4 Å². The molecule has 0 spiro atoms. The maximum atomic E-state index is 14.9. The fourth-order valence-corrected chi connectivity index (χ4v) is 7.32. The molecule has 0 saturated heterocycles. The Hall–Kier alpha value is -3.94. The molecule has 2 heterocycles. The maximum absolute atomic E-state index is 14.9. The summed E-state index contributed by atoms with van der Waals surface area (Å²) < 4.78 is 17.1. The number of rotatable bonds is 4. The third-order valence-electron chi connectivity index (χ3n) is 6.18. The number of nitrogens with zero attached hydrogens (tertiary/aromatic N) is 2. The van der Waals surface area contributed by atoms with Crippen LogP contribution < -0.4 is 15.9 Å². The van der Waals surface area contributed by atoms with Gasteiger partial charge in [0.1, 0.15) is 0 Å². The van der Waals surface area contributed by atoms with E-state index in [0.717, 1.165) is 43.4 Å². The Bertz CT molecular complexity index is 1580. The first-order valence-corrected chi connectivity index (χ1v) is 12.6. The van der Waals surface area contributed by atoms with Crippen LogP contribution >= 0.6 is 7.14 Å². The van der Waals surface area contributed by atoms with Crippen molar-refractivity contribution in [1.29, 1.82) is 0 Å². The molecule has 33 heavy (non-hydrogen) atoms. The molecule has 0 fully saturated rings. The largest absolute Gasteiger partial charge is 0.309 e. The van der Waals surface area contributed by atoms with E-state index in [-0.39, 0.29) is 0 Å². The monoisotopic (exact) mass is 444 g/mol. The van der Waals surface area contributed by atoms with Crippen LogP contribution in [-0.4, -0.2) is 9.55 Å². The zero-order chi connectivity index (χ0) is 22.3. The highest BCUT2D eigenvalue weighted by molar-refractivity contribution is 7.85. The Balaban J connectivity index is 1.67. The second-order valence-electron chi connectivity index (χ2n) is 8.04. The average molecular weight is 444 g/mol. The van der Waals surface area contributed by atoms with Crippen LogP contribution in [0.3, 0.4) is 0 Å². The molecule has 3 nitrogen and oxygen atoms in total. The van der Waals surface area contributed by atoms with E-state index in [2.05, 4.69) is 45.9 Å². The van der Waals surface area contributed by atoms with E-state index in [4.69, 9.17) is 0 Å². The van der Waals surface area contributed by atoms with Crippen molar-refractivity contribution in [1.82, 2.24) is 9.55 Å². The lowest BCUT2D eigenvalue weighted by atomic mass is 10.1. The molecule has 0 aliphatic heterocycles. The third kappa shape index (κ3) is 3.13. The van der Waals surface area contributed by atoms with E-state index in [1.54, 1.807) is 0 Å². The third-order valence-corrected chi connectivity index (χ3v) is 9.24. The van der Waals surface area contributed by atoms with Gasteiger partial charge < -0.3 is 9.13 Å². The lowest BCUT2D eigenvalue weighted by Crippen LogP contribution is -2.24. The first-order chi connectivity index (χ1) is 16.3. The Morgan fingerprint density at radius 3 is 1.79 bits per heavy atom. The fourth-order valence-electron chi connectivity index (χ4n) is 4.65. The van der Waals surface area contributed by atoms with E-state index in [9.17, 15) is 4.57 Å². The quantitative estimate of drug-likeness (QED) is 0.321. The molecule has 0 bridgehead atoms. The predicted octanol–water partition coefficient (Wildman–Crippen LogP) is 5.82. The van der Waals surface area contributed by atoms with E-state index in [1.165, 1.54) is 0 Å². The highest BCUT2D eigenvalue weighted by Crippen LogP contribution is 2.43. The average Bonchev–Trinajstić information content (AvgIpc) is 3.23. The topological polar surface area (TPSA) is 34.9 Å². The summed E-state index contributed by atoms with van der Waals surface area (Å²) in [5.41, 5.74) is 3.25. The zero-order valence-electron chi connectivity index (χ0n) is 17.9. The standard InChI is InChI=1S/C29H21N2OP/c32-33(23-9-3-1-4-10-23,24-11-5-2-6-12-24)25-15-16-29-27(21-25)26-13-7-8-14-28(26)31(29)22-17-19-30-20-18-22/h1-21H. The highest BCUT2D eigenvalue weighted by atomic mass is 31.2. The second-order valence-corrected chi connectivity index (χ2v) is 10.8. The van der Waals surface area contributed by atoms with E-state index in [0.29, 0.717) is 0 Å². The van der Waals surface area contributed by atoms with Crippen molar-refractivity contribution < 1.29 is 4.57 Å². The summed E-state index contributed by atoms with van der Waals surface area (Å²) in [4.78, 5) is 4.18. The molecule has 0 aliphatic carbocycles. The van der Waals surface area contributed by atoms with E-state index < -0.39 is 7.14 Å². The minimum atomic E-state index is -3.04. The van der Waals surface area contributed by atoms with Gasteiger partial charge in [0.05, 0.1) is 11.0 Å². The van der Waals surface area contributed by atoms with Crippen molar-refractivity contribution in [2.45, 2.75) is 0 Å². The number of aromatic nitrogens is 2. The maximum Gasteiger partial charge on any atom is 0.171 e. The zero-order valence-corrected chi connectivity index (χ0v) is 18.8. The van der Waals surface area contributed by atoms with Crippen LogP contribution in [0, 0.1) is 0 Å². The van der Waals surface area contributed by atoms with Crippen LogP contribution in [0.2, 0.25) is 0 Å². The van der Waals surface area contributed by atoms with Gasteiger partial charge in [0.2, 0.25) is 0 Å². The summed E-state index contributed by atoms with van der Waals surface area (Å²) in [6.45, 7) is 0. The van der Waals surface area contributed by atoms with Crippen molar-refractivity contribution in [3.63, 3.8) is 0 Å². The minimum Gasteiger partial charge on any atom is -0.309 e. The summed E-state index contributed by atoms with van der Waals surface area (Å²) >= 11 is 0. The molecule has 2 aromatic heterocycles. The number of fused-ring (bicyclic) bond motifs is 3. The molecule has 6 rings (SSSR count). The van der Waals surface area contributed by atoms with Crippen LogP contribution in [-0.2, 0) is 4.57 Å². The van der Waals surface area contributed by atoms with Crippen molar-refractivity contribution in [3.05, 3.63) is 128 Å². The molecule has 4 aromatic carbocycles. The van der Waals surface area contributed by atoms with Crippen LogP contribution in [0.5, 0.6) is 0 Å². The second kappa shape index (κ2) is 7.88. The molecule has 0 atom stereocenters. The first-order valence-electron chi connectivity index (χ1n) is 10.9. The van der Waals surface area contributed by atoms with E-state index >= 15 is 0 Å². The molecule has 0 unspecified atom stereocenters. The summed E-state index contributed by atoms with van der Waals surface area (Å²) in [5.74, 6) is 0. The molecule has 0 radical (unpaired) electrons. The Morgan fingerprint density at radius 1 is 0.545 bits per heavy atom. The van der Waals surface area contributed by atoms with Gasteiger partial charge in [-0.2, -0.15) is 0 Å². The van der Waals surface area contributed by atoms with Gasteiger partial charge in [-0.25, -0.2) is 0 Å². The Labute approximate surface area is 192 Å². The Morgan fingerprint density at radius 2 is 1.12 bits per heavy atom. The van der Waals surface area contributed by atoms with Gasteiger partial charge >= 0.3 is 0 Å². The van der Waals surface area contributed by atoms with E-state index in [1.807, 2.05) is 91.3 Å². The van der Waals surface area contributed by atoms with Gasteiger partial charge in [0.15, 0.2) is 7.14 Å². The van der Waals surface area contributed by atoms with Gasteiger partial charge in [-0.3, -0.25) is 4.98 Å². The number of pyridine rings is 1. The predicted molar refractivity (Wildman–Crippen MR) is 138 cm³/mol. The van der Waals surface area contributed by atoms with Gasteiger partial charge in [-0.1, -0.05) is 78.9 Å². The van der Waals surface area contributed by atoms with Crippen LogP contribution in [0.1, 0.15) is 0 Å². The lowest BCUT2D eigenvalue weighted by molar-refractivity contribution is 0.592. The minimum absolute atomic E-state index is 0.838. The number of para-hydroxylation sites is 1. The summed E-state index contributed by atoms with van der Waals surface area (Å²) in [7, 11) is -3.04. The molecule has 0 amide bonds. The number of benzene rings is 4. The van der Waals surface area contributed by atoms with Gasteiger partial charge in [0.25, 0.3) is 0 Å². The van der Waals surface area contributed by atoms with Crippen LogP contribution in [0.15, 0.2) is 128 Å². The van der Waals surface area contributed by atoms with Crippen molar-refractivity contribution in [2.75, 3.05) is 0 Å². The van der Waals surface area contributed by atoms with Crippen LogP contribution in [0.4, 0.5) is 0 Å². The van der Waals surface area contributed by atoms with Crippen molar-refractivity contribution >= 4 is 44.9 Å². The molecular formula is C29H21N2OP. The molecule has 0 aliphatic rings. The molecule has 158 valence electrons. The normalized spacial score (nSPS) is 11.8. The number of hydrogen-bond acceptors (Lipinski definition) is 2. The first kappa shape index (κ1) is 19.7. The molecule has 0 saturated carbocycles. The van der Waals surface area contributed by atoms with Crippen molar-refractivity contribution in [2.24, 2.45) is 0 Å². The fraction of sp³-hybridized carbons (Fsp3) is 0. The molecular weight excluding hydrogens is 423 g/mol. The molecule has 6 aromatic rings. The number of hydrogen-bond donors (Lipinski definition) is 0. The summed E-state index contributed by atoms with van der Waals surface area (Å²) in [6, 6.07) is 38.3. The highest BCUT2D eigenvalue weighted by Gasteiger charge is 2.30. The van der Waals surface area contributed by atoms with Crippen molar-refractivity contribution in [3.8, 4) is 5.69 Å². The van der Waals surface area contributed by atoms with Gasteiger partial charge in [-0.15, -0.1) is 0 Å². The lowest BCUT2D eigenvalue weighted by Gasteiger charge is -2.20. The summed E-state index contributed by atoms with van der Waals surface area (Å²) in [5, 5.41) is 4.75. The van der Waals surface area contributed by atoms with Gasteiger partial charge in [0, 0.05) is 44.8 Å². The molecule has 0 N–H and O–H groups in total. The Kier molecular flexibility index (Phi) is 4.71.